The molecule has 0 heterocycles. The summed E-state index contributed by atoms with van der Waals surface area (Å²) in [7, 11) is 3.89. The number of hydrogen-bond donors (Lipinski definition) is 2. The molecule has 5 heteroatoms. The third-order valence-corrected chi connectivity index (χ3v) is 3.13. The summed E-state index contributed by atoms with van der Waals surface area (Å²) in [6.45, 7) is 0. The minimum atomic E-state index is 0.217. The molecule has 0 aromatic heterocycles. The summed E-state index contributed by atoms with van der Waals surface area (Å²) in [5.41, 5.74) is 2.80. The van der Waals surface area contributed by atoms with Crippen LogP contribution in [0.2, 0.25) is 0 Å². The molecule has 0 saturated heterocycles. The van der Waals surface area contributed by atoms with Crippen LogP contribution >= 0.6 is 0 Å². The second-order valence-corrected chi connectivity index (χ2v) is 4.70. The van der Waals surface area contributed by atoms with Crippen LogP contribution in [-0.2, 0) is 0 Å². The van der Waals surface area contributed by atoms with Gasteiger partial charge in [0.1, 0.15) is 11.4 Å². The van der Waals surface area contributed by atoms with E-state index in [2.05, 4.69) is 10.3 Å². The average molecular weight is 283 g/mol. The average Bonchev–Trinajstić information content (AvgIpc) is 2.53. The fraction of sp³-hybridized carbons (Fsp3) is 0.125. The molecular weight excluding hydrogens is 266 g/mol. The summed E-state index contributed by atoms with van der Waals surface area (Å²) in [6, 6.07) is 16.5. The molecular formula is C16H17N3O2. The lowest BCUT2D eigenvalue weighted by Gasteiger charge is -2.13. The smallest absolute Gasteiger partial charge is 0.139 e. The van der Waals surface area contributed by atoms with E-state index in [-0.39, 0.29) is 11.4 Å². The van der Waals surface area contributed by atoms with Crippen molar-refractivity contribution in [2.75, 3.05) is 19.0 Å². The molecule has 2 aromatic rings. The van der Waals surface area contributed by atoms with E-state index in [1.807, 2.05) is 61.5 Å². The molecule has 0 bridgehead atoms. The molecule has 0 aliphatic rings. The molecule has 21 heavy (non-hydrogen) atoms. The van der Waals surface area contributed by atoms with Crippen molar-refractivity contribution in [2.45, 2.75) is 0 Å². The van der Waals surface area contributed by atoms with Crippen LogP contribution in [0.5, 0.6) is 0 Å². The number of anilines is 1. The SMILES string of the molecule is CN(C)c1ccc(C(=NO)C(=NO)c2ccccc2)cc1. The van der Waals surface area contributed by atoms with Crippen molar-refractivity contribution in [2.24, 2.45) is 10.3 Å². The van der Waals surface area contributed by atoms with E-state index in [0.717, 1.165) is 5.69 Å². The van der Waals surface area contributed by atoms with Gasteiger partial charge in [-0.3, -0.25) is 0 Å². The highest BCUT2D eigenvalue weighted by molar-refractivity contribution is 6.53. The van der Waals surface area contributed by atoms with Gasteiger partial charge in [-0.25, -0.2) is 0 Å². The molecule has 0 aliphatic carbocycles. The van der Waals surface area contributed by atoms with Crippen molar-refractivity contribution in [3.05, 3.63) is 65.7 Å². The van der Waals surface area contributed by atoms with Crippen molar-refractivity contribution < 1.29 is 10.4 Å². The first-order valence-corrected chi connectivity index (χ1v) is 6.45. The second kappa shape index (κ2) is 6.56. The van der Waals surface area contributed by atoms with Crippen LogP contribution in [0.15, 0.2) is 64.9 Å². The number of oxime groups is 2. The first kappa shape index (κ1) is 14.6. The number of rotatable bonds is 4. The summed E-state index contributed by atoms with van der Waals surface area (Å²) in [5.74, 6) is 0. The van der Waals surface area contributed by atoms with Gasteiger partial charge >= 0.3 is 0 Å². The standard InChI is InChI=1S/C16H17N3O2/c1-19(2)14-10-8-13(9-11-14)16(18-21)15(17-20)12-6-4-3-5-7-12/h3-11,20-21H,1-2H3. The molecule has 0 saturated carbocycles. The maximum absolute atomic E-state index is 9.31. The Balaban J connectivity index is 2.40. The van der Waals surface area contributed by atoms with Gasteiger partial charge in [-0.05, 0) is 12.1 Å². The molecule has 108 valence electrons. The Labute approximate surface area is 123 Å². The van der Waals surface area contributed by atoms with Crippen LogP contribution in [0.3, 0.4) is 0 Å². The van der Waals surface area contributed by atoms with E-state index in [1.165, 1.54) is 0 Å². The summed E-state index contributed by atoms with van der Waals surface area (Å²) in [5, 5.41) is 25.2. The van der Waals surface area contributed by atoms with Gasteiger partial charge in [-0.15, -0.1) is 0 Å². The topological polar surface area (TPSA) is 68.4 Å². The van der Waals surface area contributed by atoms with Gasteiger partial charge in [0, 0.05) is 30.9 Å². The maximum atomic E-state index is 9.31. The Bertz CT molecular complexity index is 647. The third-order valence-electron chi connectivity index (χ3n) is 3.13. The van der Waals surface area contributed by atoms with Gasteiger partial charge < -0.3 is 15.3 Å². The molecule has 2 rings (SSSR count). The first-order chi connectivity index (χ1) is 10.2. The van der Waals surface area contributed by atoms with Crippen LogP contribution in [0.1, 0.15) is 11.1 Å². The van der Waals surface area contributed by atoms with Crippen molar-refractivity contribution >= 4 is 17.1 Å². The lowest BCUT2D eigenvalue weighted by atomic mass is 10.00. The van der Waals surface area contributed by atoms with Crippen LogP contribution in [0.25, 0.3) is 0 Å². The minimum absolute atomic E-state index is 0.217. The van der Waals surface area contributed by atoms with E-state index in [4.69, 9.17) is 0 Å². The second-order valence-electron chi connectivity index (χ2n) is 4.70. The summed E-state index contributed by atoms with van der Waals surface area (Å²) >= 11 is 0. The van der Waals surface area contributed by atoms with Gasteiger partial charge in [-0.1, -0.05) is 52.8 Å². The fourth-order valence-electron chi connectivity index (χ4n) is 2.00. The van der Waals surface area contributed by atoms with Crippen molar-refractivity contribution in [1.82, 2.24) is 0 Å². The van der Waals surface area contributed by atoms with Crippen molar-refractivity contribution in [1.29, 1.82) is 0 Å². The Kier molecular flexibility index (Phi) is 4.56. The van der Waals surface area contributed by atoms with E-state index in [9.17, 15) is 10.4 Å². The van der Waals surface area contributed by atoms with E-state index in [0.29, 0.717) is 11.1 Å². The Morgan fingerprint density at radius 2 is 1.24 bits per heavy atom. The number of hydrogen-bond acceptors (Lipinski definition) is 5. The maximum Gasteiger partial charge on any atom is 0.139 e. The Hall–Kier alpha value is -2.82. The summed E-state index contributed by atoms with van der Waals surface area (Å²) in [6.07, 6.45) is 0. The fourth-order valence-corrected chi connectivity index (χ4v) is 2.00. The first-order valence-electron chi connectivity index (χ1n) is 6.45. The molecule has 0 amide bonds. The normalized spacial score (nSPS) is 12.3. The monoisotopic (exact) mass is 283 g/mol. The highest BCUT2D eigenvalue weighted by Gasteiger charge is 2.15. The Morgan fingerprint density at radius 3 is 1.67 bits per heavy atom. The third kappa shape index (κ3) is 3.20. The van der Waals surface area contributed by atoms with Gasteiger partial charge in [0.2, 0.25) is 0 Å². The van der Waals surface area contributed by atoms with Gasteiger partial charge in [-0.2, -0.15) is 0 Å². The molecule has 0 fully saturated rings. The van der Waals surface area contributed by atoms with Crippen LogP contribution in [-0.4, -0.2) is 35.9 Å². The quantitative estimate of drug-likeness (QED) is 0.515. The van der Waals surface area contributed by atoms with E-state index < -0.39 is 0 Å². The largest absolute Gasteiger partial charge is 0.410 e. The molecule has 0 radical (unpaired) electrons. The van der Waals surface area contributed by atoms with Crippen LogP contribution in [0, 0.1) is 0 Å². The molecule has 2 aromatic carbocycles. The van der Waals surface area contributed by atoms with Crippen LogP contribution < -0.4 is 4.90 Å². The zero-order valence-corrected chi connectivity index (χ0v) is 11.9. The van der Waals surface area contributed by atoms with Gasteiger partial charge in [0.05, 0.1) is 0 Å². The van der Waals surface area contributed by atoms with Crippen molar-refractivity contribution in [3.8, 4) is 0 Å². The number of nitrogens with zero attached hydrogens (tertiary/aromatic N) is 3. The summed E-state index contributed by atoms with van der Waals surface area (Å²) in [4.78, 5) is 1.97. The molecule has 0 atom stereocenters. The molecule has 0 unspecified atom stereocenters. The predicted octanol–water partition coefficient (Wildman–Crippen LogP) is 2.81. The zero-order chi connectivity index (χ0) is 15.2. The summed E-state index contributed by atoms with van der Waals surface area (Å²) < 4.78 is 0. The van der Waals surface area contributed by atoms with Gasteiger partial charge in [0.15, 0.2) is 0 Å². The zero-order valence-electron chi connectivity index (χ0n) is 11.9. The molecule has 2 N–H and O–H groups in total. The van der Waals surface area contributed by atoms with Gasteiger partial charge in [0.25, 0.3) is 0 Å². The molecule has 0 aliphatic heterocycles. The van der Waals surface area contributed by atoms with Crippen LogP contribution in [0.4, 0.5) is 5.69 Å². The molecule has 0 spiro atoms. The molecule has 5 nitrogen and oxygen atoms in total. The van der Waals surface area contributed by atoms with E-state index in [1.54, 1.807) is 12.1 Å². The highest BCUT2D eigenvalue weighted by Crippen LogP contribution is 2.15. The minimum Gasteiger partial charge on any atom is -0.410 e. The van der Waals surface area contributed by atoms with Crippen molar-refractivity contribution in [3.63, 3.8) is 0 Å². The number of benzene rings is 2. The lowest BCUT2D eigenvalue weighted by Crippen LogP contribution is -2.17. The highest BCUT2D eigenvalue weighted by atomic mass is 16.4. The predicted molar refractivity (Wildman–Crippen MR) is 83.9 cm³/mol. The van der Waals surface area contributed by atoms with E-state index >= 15 is 0 Å². The lowest BCUT2D eigenvalue weighted by molar-refractivity contribution is 0.314. The Morgan fingerprint density at radius 1 is 0.762 bits per heavy atom.